The zero-order valence-corrected chi connectivity index (χ0v) is 11.5. The molecule has 18 heavy (non-hydrogen) atoms. The summed E-state index contributed by atoms with van der Waals surface area (Å²) in [5.74, 6) is -0.0564. The fourth-order valence-corrected chi connectivity index (χ4v) is 1.95. The SMILES string of the molecule is CCCNC(C(=O)OCC)C(C)c1ccccc1. The van der Waals surface area contributed by atoms with Crippen LogP contribution in [-0.4, -0.2) is 25.2 Å². The Morgan fingerprint density at radius 1 is 1.28 bits per heavy atom. The van der Waals surface area contributed by atoms with Gasteiger partial charge in [0.2, 0.25) is 0 Å². The molecule has 1 rings (SSSR count). The standard InChI is InChI=1S/C15H23NO2/c1-4-11-16-14(15(17)18-5-2)12(3)13-9-7-6-8-10-13/h6-10,12,14,16H,4-5,11H2,1-3H3. The highest BCUT2D eigenvalue weighted by molar-refractivity contribution is 5.77. The van der Waals surface area contributed by atoms with Crippen molar-refractivity contribution in [1.82, 2.24) is 5.32 Å². The molecule has 0 saturated heterocycles. The van der Waals surface area contributed by atoms with Crippen LogP contribution in [0.25, 0.3) is 0 Å². The summed E-state index contributed by atoms with van der Waals surface area (Å²) in [7, 11) is 0. The van der Waals surface area contributed by atoms with Gasteiger partial charge in [-0.3, -0.25) is 4.79 Å². The van der Waals surface area contributed by atoms with Crippen molar-refractivity contribution in [2.24, 2.45) is 0 Å². The third-order valence-electron chi connectivity index (χ3n) is 2.98. The summed E-state index contributed by atoms with van der Waals surface area (Å²) in [6.45, 7) is 7.22. The first-order valence-corrected chi connectivity index (χ1v) is 6.65. The second kappa shape index (κ2) is 7.88. The number of nitrogens with one attached hydrogen (secondary N) is 1. The number of carbonyl (C=O) groups is 1. The first kappa shape index (κ1) is 14.7. The van der Waals surface area contributed by atoms with E-state index < -0.39 is 0 Å². The van der Waals surface area contributed by atoms with Crippen LogP contribution < -0.4 is 5.32 Å². The van der Waals surface area contributed by atoms with E-state index in [1.807, 2.05) is 37.3 Å². The van der Waals surface area contributed by atoms with Gasteiger partial charge in [0.1, 0.15) is 6.04 Å². The number of rotatable bonds is 7. The van der Waals surface area contributed by atoms with E-state index in [2.05, 4.69) is 19.2 Å². The van der Waals surface area contributed by atoms with E-state index in [0.29, 0.717) is 6.61 Å². The zero-order chi connectivity index (χ0) is 13.4. The summed E-state index contributed by atoms with van der Waals surface area (Å²) in [5, 5.41) is 3.28. The predicted molar refractivity (Wildman–Crippen MR) is 73.6 cm³/mol. The molecule has 2 atom stereocenters. The lowest BCUT2D eigenvalue weighted by atomic mass is 9.93. The minimum Gasteiger partial charge on any atom is -0.465 e. The summed E-state index contributed by atoms with van der Waals surface area (Å²) >= 11 is 0. The maximum absolute atomic E-state index is 12.0. The summed E-state index contributed by atoms with van der Waals surface area (Å²) in [6.07, 6.45) is 0.997. The van der Waals surface area contributed by atoms with Crippen molar-refractivity contribution < 1.29 is 9.53 Å². The van der Waals surface area contributed by atoms with E-state index in [-0.39, 0.29) is 17.9 Å². The Labute approximate surface area is 110 Å². The van der Waals surface area contributed by atoms with Crippen molar-refractivity contribution in [3.8, 4) is 0 Å². The van der Waals surface area contributed by atoms with Crippen LogP contribution in [0.15, 0.2) is 30.3 Å². The van der Waals surface area contributed by atoms with Gasteiger partial charge in [-0.1, -0.05) is 44.2 Å². The highest BCUT2D eigenvalue weighted by atomic mass is 16.5. The minimum atomic E-state index is -0.271. The third-order valence-corrected chi connectivity index (χ3v) is 2.98. The molecule has 3 heteroatoms. The van der Waals surface area contributed by atoms with Crippen molar-refractivity contribution in [1.29, 1.82) is 0 Å². The molecule has 1 aromatic rings. The Morgan fingerprint density at radius 3 is 2.50 bits per heavy atom. The van der Waals surface area contributed by atoms with Crippen LogP contribution in [-0.2, 0) is 9.53 Å². The average Bonchev–Trinajstić information content (AvgIpc) is 2.40. The highest BCUT2D eigenvalue weighted by Gasteiger charge is 2.26. The van der Waals surface area contributed by atoms with Gasteiger partial charge in [-0.05, 0) is 25.5 Å². The van der Waals surface area contributed by atoms with Gasteiger partial charge in [-0.2, -0.15) is 0 Å². The Bertz CT molecular complexity index is 351. The van der Waals surface area contributed by atoms with Crippen LogP contribution in [0, 0.1) is 0 Å². The second-order valence-electron chi connectivity index (χ2n) is 4.38. The van der Waals surface area contributed by atoms with Gasteiger partial charge in [0.25, 0.3) is 0 Å². The molecular weight excluding hydrogens is 226 g/mol. The maximum atomic E-state index is 12.0. The number of carbonyl (C=O) groups excluding carboxylic acids is 1. The van der Waals surface area contributed by atoms with Crippen LogP contribution >= 0.6 is 0 Å². The molecule has 1 N–H and O–H groups in total. The minimum absolute atomic E-state index is 0.108. The van der Waals surface area contributed by atoms with Gasteiger partial charge in [0.05, 0.1) is 6.61 Å². The van der Waals surface area contributed by atoms with Crippen LogP contribution in [0.5, 0.6) is 0 Å². The van der Waals surface area contributed by atoms with Gasteiger partial charge >= 0.3 is 5.97 Å². The van der Waals surface area contributed by atoms with E-state index in [9.17, 15) is 4.79 Å². The Hall–Kier alpha value is -1.35. The van der Waals surface area contributed by atoms with Crippen LogP contribution in [0.4, 0.5) is 0 Å². The normalized spacial score (nSPS) is 13.9. The van der Waals surface area contributed by atoms with Crippen molar-refractivity contribution >= 4 is 5.97 Å². The lowest BCUT2D eigenvalue weighted by Gasteiger charge is -2.23. The molecule has 0 bridgehead atoms. The fraction of sp³-hybridized carbons (Fsp3) is 0.533. The molecule has 0 radical (unpaired) electrons. The van der Waals surface area contributed by atoms with Gasteiger partial charge in [-0.15, -0.1) is 0 Å². The van der Waals surface area contributed by atoms with Crippen LogP contribution in [0.1, 0.15) is 38.7 Å². The molecule has 3 nitrogen and oxygen atoms in total. The smallest absolute Gasteiger partial charge is 0.323 e. The largest absolute Gasteiger partial charge is 0.465 e. The lowest BCUT2D eigenvalue weighted by molar-refractivity contribution is -0.146. The van der Waals surface area contributed by atoms with Crippen molar-refractivity contribution in [3.05, 3.63) is 35.9 Å². The Balaban J connectivity index is 2.78. The molecule has 0 fully saturated rings. The van der Waals surface area contributed by atoms with Crippen molar-refractivity contribution in [3.63, 3.8) is 0 Å². The number of hydrogen-bond donors (Lipinski definition) is 1. The van der Waals surface area contributed by atoms with Crippen LogP contribution in [0.3, 0.4) is 0 Å². The molecule has 0 aliphatic rings. The topological polar surface area (TPSA) is 38.3 Å². The van der Waals surface area contributed by atoms with E-state index in [1.54, 1.807) is 0 Å². The highest BCUT2D eigenvalue weighted by Crippen LogP contribution is 2.19. The van der Waals surface area contributed by atoms with Crippen LogP contribution in [0.2, 0.25) is 0 Å². The molecule has 0 spiro atoms. The third kappa shape index (κ3) is 4.15. The summed E-state index contributed by atoms with van der Waals surface area (Å²) in [4.78, 5) is 12.0. The predicted octanol–water partition coefficient (Wildman–Crippen LogP) is 2.72. The van der Waals surface area contributed by atoms with Crippen molar-refractivity contribution in [2.75, 3.05) is 13.2 Å². The number of benzene rings is 1. The molecule has 0 amide bonds. The molecule has 100 valence electrons. The van der Waals surface area contributed by atoms with Gasteiger partial charge < -0.3 is 10.1 Å². The summed E-state index contributed by atoms with van der Waals surface area (Å²) < 4.78 is 5.14. The fourth-order valence-electron chi connectivity index (χ4n) is 1.95. The quantitative estimate of drug-likeness (QED) is 0.755. The van der Waals surface area contributed by atoms with E-state index in [0.717, 1.165) is 18.5 Å². The summed E-state index contributed by atoms with van der Waals surface area (Å²) in [5.41, 5.74) is 1.15. The van der Waals surface area contributed by atoms with E-state index in [1.165, 1.54) is 0 Å². The maximum Gasteiger partial charge on any atom is 0.323 e. The molecule has 1 aromatic carbocycles. The average molecular weight is 249 g/mol. The molecule has 0 heterocycles. The molecule has 0 aromatic heterocycles. The first-order valence-electron chi connectivity index (χ1n) is 6.65. The van der Waals surface area contributed by atoms with Crippen molar-refractivity contribution in [2.45, 2.75) is 39.2 Å². The zero-order valence-electron chi connectivity index (χ0n) is 11.5. The van der Waals surface area contributed by atoms with E-state index in [4.69, 9.17) is 4.74 Å². The Morgan fingerprint density at radius 2 is 1.94 bits per heavy atom. The molecular formula is C15H23NO2. The lowest BCUT2D eigenvalue weighted by Crippen LogP contribution is -2.42. The summed E-state index contributed by atoms with van der Waals surface area (Å²) in [6, 6.07) is 9.79. The van der Waals surface area contributed by atoms with Gasteiger partial charge in [0.15, 0.2) is 0 Å². The second-order valence-corrected chi connectivity index (χ2v) is 4.38. The Kier molecular flexibility index (Phi) is 6.44. The molecule has 0 aliphatic heterocycles. The number of ether oxygens (including phenoxy) is 1. The van der Waals surface area contributed by atoms with Gasteiger partial charge in [-0.25, -0.2) is 0 Å². The van der Waals surface area contributed by atoms with Gasteiger partial charge in [0, 0.05) is 5.92 Å². The van der Waals surface area contributed by atoms with E-state index >= 15 is 0 Å². The first-order chi connectivity index (χ1) is 8.70. The molecule has 0 aliphatic carbocycles. The molecule has 0 saturated carbocycles. The number of esters is 1. The monoisotopic (exact) mass is 249 g/mol. The number of hydrogen-bond acceptors (Lipinski definition) is 3. The molecule has 2 unspecified atom stereocenters.